The van der Waals surface area contributed by atoms with Crippen LogP contribution in [0.3, 0.4) is 0 Å². The Bertz CT molecular complexity index is 836. The van der Waals surface area contributed by atoms with E-state index in [-0.39, 0.29) is 23.2 Å². The van der Waals surface area contributed by atoms with Crippen LogP contribution in [-0.2, 0) is 18.7 Å². The predicted octanol–water partition coefficient (Wildman–Crippen LogP) is 5.09. The summed E-state index contributed by atoms with van der Waals surface area (Å²) in [6, 6.07) is 21.4. The van der Waals surface area contributed by atoms with Gasteiger partial charge in [0.05, 0.1) is 12.2 Å². The maximum atomic E-state index is 10.9. The van der Waals surface area contributed by atoms with Crippen LogP contribution in [0.5, 0.6) is 0 Å². The van der Waals surface area contributed by atoms with E-state index in [1.54, 1.807) is 0 Å². The van der Waals surface area contributed by atoms with Gasteiger partial charge in [-0.05, 0) is 48.0 Å². The lowest BCUT2D eigenvalue weighted by atomic mass is 9.94. The summed E-state index contributed by atoms with van der Waals surface area (Å²) in [6.45, 7) is 13.6. The quantitative estimate of drug-likeness (QED) is 0.360. The molecule has 2 aromatic rings. The first-order chi connectivity index (χ1) is 15.6. The highest BCUT2D eigenvalue weighted by Gasteiger charge is 2.50. The van der Waals surface area contributed by atoms with E-state index in [4.69, 9.17) is 13.9 Å². The van der Waals surface area contributed by atoms with Gasteiger partial charge in [0.2, 0.25) is 0 Å². The van der Waals surface area contributed by atoms with Gasteiger partial charge in [-0.25, -0.2) is 0 Å². The van der Waals surface area contributed by atoms with Crippen LogP contribution in [0.25, 0.3) is 0 Å². The Morgan fingerprint density at radius 1 is 1.00 bits per heavy atom. The van der Waals surface area contributed by atoms with Crippen molar-refractivity contribution in [1.82, 2.24) is 0 Å². The summed E-state index contributed by atoms with van der Waals surface area (Å²) in [5.41, 5.74) is 0. The zero-order valence-electron chi connectivity index (χ0n) is 21.0. The number of benzene rings is 2. The van der Waals surface area contributed by atoms with Gasteiger partial charge in [-0.15, -0.1) is 0 Å². The van der Waals surface area contributed by atoms with E-state index in [2.05, 4.69) is 88.4 Å². The van der Waals surface area contributed by atoms with Crippen molar-refractivity contribution in [3.8, 4) is 0 Å². The van der Waals surface area contributed by atoms with E-state index in [0.717, 1.165) is 19.1 Å². The molecular formula is C28H40O4Si. The Hall–Kier alpha value is -1.79. The molecule has 0 radical (unpaired) electrons. The van der Waals surface area contributed by atoms with Crippen LogP contribution in [0.4, 0.5) is 0 Å². The van der Waals surface area contributed by atoms with Gasteiger partial charge in [0.15, 0.2) is 5.79 Å². The summed E-state index contributed by atoms with van der Waals surface area (Å²) in [4.78, 5) is 10.9. The van der Waals surface area contributed by atoms with Crippen molar-refractivity contribution < 1.29 is 18.7 Å². The molecule has 0 spiro atoms. The summed E-state index contributed by atoms with van der Waals surface area (Å²) in [5, 5.41) is 2.51. The first-order valence-corrected chi connectivity index (χ1v) is 14.1. The van der Waals surface area contributed by atoms with Crippen molar-refractivity contribution in [1.29, 1.82) is 0 Å². The predicted molar refractivity (Wildman–Crippen MR) is 136 cm³/mol. The molecule has 0 aromatic heterocycles. The van der Waals surface area contributed by atoms with Crippen molar-refractivity contribution in [3.05, 3.63) is 60.7 Å². The van der Waals surface area contributed by atoms with Gasteiger partial charge in [-0.3, -0.25) is 0 Å². The van der Waals surface area contributed by atoms with Crippen LogP contribution < -0.4 is 10.4 Å². The van der Waals surface area contributed by atoms with E-state index in [1.807, 2.05) is 13.8 Å². The Kier molecular flexibility index (Phi) is 8.33. The van der Waals surface area contributed by atoms with Crippen molar-refractivity contribution in [2.24, 2.45) is 5.92 Å². The molecule has 1 heterocycles. The Balaban J connectivity index is 1.86. The summed E-state index contributed by atoms with van der Waals surface area (Å²) < 4.78 is 19.6. The van der Waals surface area contributed by atoms with Crippen LogP contribution in [0.2, 0.25) is 5.04 Å². The maximum Gasteiger partial charge on any atom is 0.261 e. The van der Waals surface area contributed by atoms with E-state index < -0.39 is 14.1 Å². The number of carbonyl (C=O) groups excluding carboxylic acids is 1. The highest BCUT2D eigenvalue weighted by molar-refractivity contribution is 6.99. The van der Waals surface area contributed by atoms with Gasteiger partial charge < -0.3 is 18.7 Å². The van der Waals surface area contributed by atoms with E-state index in [1.165, 1.54) is 10.4 Å². The average molecular weight is 469 g/mol. The summed E-state index contributed by atoms with van der Waals surface area (Å²) in [7, 11) is -2.57. The molecular weight excluding hydrogens is 428 g/mol. The van der Waals surface area contributed by atoms with E-state index >= 15 is 0 Å². The molecule has 33 heavy (non-hydrogen) atoms. The largest absolute Gasteiger partial charge is 0.407 e. The molecule has 5 heteroatoms. The standard InChI is InChI=1S/C28H40O4Si/c1-22(14-13-20-29)26-25(31-28(5,6)32-26)19-21-30-33(27(2,3)4,23-15-9-7-10-16-23)24-17-11-8-12-18-24/h7-12,15-18,20,22,25-26H,13-14,19,21H2,1-6H3/t22-,25-,26-/m1/s1. The highest BCUT2D eigenvalue weighted by atomic mass is 28.4. The van der Waals surface area contributed by atoms with Crippen molar-refractivity contribution in [2.45, 2.75) is 83.8 Å². The third-order valence-corrected chi connectivity index (χ3v) is 11.7. The van der Waals surface area contributed by atoms with Crippen molar-refractivity contribution in [2.75, 3.05) is 6.61 Å². The number of hydrogen-bond acceptors (Lipinski definition) is 4. The van der Waals surface area contributed by atoms with Crippen LogP contribution in [0.1, 0.15) is 60.8 Å². The van der Waals surface area contributed by atoms with Crippen LogP contribution >= 0.6 is 0 Å². The van der Waals surface area contributed by atoms with Gasteiger partial charge >= 0.3 is 0 Å². The van der Waals surface area contributed by atoms with E-state index in [9.17, 15) is 4.79 Å². The second-order valence-electron chi connectivity index (χ2n) is 10.7. The molecule has 0 N–H and O–H groups in total. The van der Waals surface area contributed by atoms with Gasteiger partial charge in [0.25, 0.3) is 8.32 Å². The van der Waals surface area contributed by atoms with Crippen LogP contribution in [-0.4, -0.2) is 39.2 Å². The zero-order valence-corrected chi connectivity index (χ0v) is 22.0. The van der Waals surface area contributed by atoms with E-state index in [0.29, 0.717) is 13.0 Å². The number of hydrogen-bond donors (Lipinski definition) is 0. The smallest absolute Gasteiger partial charge is 0.261 e. The normalized spacial score (nSPS) is 21.6. The Morgan fingerprint density at radius 2 is 1.55 bits per heavy atom. The highest BCUT2D eigenvalue weighted by Crippen LogP contribution is 2.38. The Labute approximate surface area is 200 Å². The molecule has 1 saturated heterocycles. The number of carbonyl (C=O) groups is 1. The lowest BCUT2D eigenvalue weighted by Crippen LogP contribution is -2.66. The first-order valence-electron chi connectivity index (χ1n) is 12.1. The molecule has 0 aliphatic carbocycles. The molecule has 0 unspecified atom stereocenters. The number of rotatable bonds is 10. The molecule has 4 nitrogen and oxygen atoms in total. The van der Waals surface area contributed by atoms with Gasteiger partial charge in [-0.1, -0.05) is 88.4 Å². The molecule has 0 amide bonds. The molecule has 180 valence electrons. The minimum absolute atomic E-state index is 0.0392. The van der Waals surface area contributed by atoms with Gasteiger partial charge in [0.1, 0.15) is 6.29 Å². The molecule has 0 bridgehead atoms. The molecule has 1 aliphatic heterocycles. The molecule has 3 rings (SSSR count). The summed E-state index contributed by atoms with van der Waals surface area (Å²) in [5.74, 6) is -0.378. The summed E-state index contributed by atoms with van der Waals surface area (Å²) >= 11 is 0. The SMILES string of the molecule is C[C@H](CCC=O)[C@H]1OC(C)(C)O[C@@H]1CCO[Si](c1ccccc1)(c1ccccc1)C(C)(C)C. The van der Waals surface area contributed by atoms with Crippen molar-refractivity contribution >= 4 is 25.0 Å². The summed E-state index contributed by atoms with van der Waals surface area (Å²) in [6.07, 6.45) is 3.00. The lowest BCUT2D eigenvalue weighted by Gasteiger charge is -2.43. The molecule has 2 aromatic carbocycles. The second-order valence-corrected chi connectivity index (χ2v) is 15.0. The Morgan fingerprint density at radius 3 is 2.03 bits per heavy atom. The monoisotopic (exact) mass is 468 g/mol. The molecule has 0 saturated carbocycles. The third-order valence-electron chi connectivity index (χ3n) is 6.66. The fourth-order valence-corrected chi connectivity index (χ4v) is 9.73. The van der Waals surface area contributed by atoms with Crippen molar-refractivity contribution in [3.63, 3.8) is 0 Å². The third kappa shape index (κ3) is 5.83. The lowest BCUT2D eigenvalue weighted by molar-refractivity contribution is -0.150. The molecule has 1 fully saturated rings. The van der Waals surface area contributed by atoms with Gasteiger partial charge in [-0.2, -0.15) is 0 Å². The molecule has 1 aliphatic rings. The minimum atomic E-state index is -2.57. The topological polar surface area (TPSA) is 44.8 Å². The second kappa shape index (κ2) is 10.6. The zero-order chi connectivity index (χ0) is 24.1. The van der Waals surface area contributed by atoms with Crippen LogP contribution in [0.15, 0.2) is 60.7 Å². The fourth-order valence-electron chi connectivity index (χ4n) is 5.15. The van der Waals surface area contributed by atoms with Gasteiger partial charge in [0, 0.05) is 13.0 Å². The maximum absolute atomic E-state index is 10.9. The minimum Gasteiger partial charge on any atom is -0.407 e. The number of aldehydes is 1. The fraction of sp³-hybridized carbons (Fsp3) is 0.536. The van der Waals surface area contributed by atoms with Crippen LogP contribution in [0, 0.1) is 5.92 Å². The number of ether oxygens (including phenoxy) is 2. The average Bonchev–Trinajstić information content (AvgIpc) is 3.10. The first kappa shape index (κ1) is 25.8. The molecule has 3 atom stereocenters.